The van der Waals surface area contributed by atoms with Crippen molar-refractivity contribution in [2.75, 3.05) is 32.1 Å². The number of fused-ring (bicyclic) bond motifs is 2. The molecule has 0 bridgehead atoms. The molecule has 3 nitrogen and oxygen atoms in total. The molecule has 0 aliphatic carbocycles. The lowest BCUT2D eigenvalue weighted by Crippen LogP contribution is -2.26. The van der Waals surface area contributed by atoms with Gasteiger partial charge in [0.1, 0.15) is 5.40 Å². The van der Waals surface area contributed by atoms with Crippen LogP contribution in [0, 0.1) is 10.7 Å². The summed E-state index contributed by atoms with van der Waals surface area (Å²) in [4.78, 5) is 5.91. The molecular formula is C19H18F3N3S2. The van der Waals surface area contributed by atoms with E-state index in [4.69, 9.17) is 5.26 Å². The normalized spacial score (nSPS) is 13.3. The highest BCUT2D eigenvalue weighted by atomic mass is 32.2. The van der Waals surface area contributed by atoms with Crippen molar-refractivity contribution in [1.82, 2.24) is 4.90 Å². The van der Waals surface area contributed by atoms with E-state index in [9.17, 15) is 13.2 Å². The first kappa shape index (κ1) is 19.9. The second kappa shape index (κ2) is 8.05. The van der Waals surface area contributed by atoms with Gasteiger partial charge in [-0.3, -0.25) is 0 Å². The number of rotatable bonds is 5. The van der Waals surface area contributed by atoms with Crippen molar-refractivity contribution >= 4 is 34.9 Å². The third-order valence-corrected chi connectivity index (χ3v) is 5.87. The zero-order chi connectivity index (χ0) is 19.6. The second-order valence-corrected chi connectivity index (χ2v) is 8.30. The largest absolute Gasteiger partial charge is 0.416 e. The Bertz CT molecular complexity index is 875. The van der Waals surface area contributed by atoms with E-state index in [0.29, 0.717) is 22.0 Å². The molecule has 0 aromatic heterocycles. The lowest BCUT2D eigenvalue weighted by Gasteiger charge is -2.34. The summed E-state index contributed by atoms with van der Waals surface area (Å²) in [6, 6.07) is 9.97. The summed E-state index contributed by atoms with van der Waals surface area (Å²) >= 11 is 2.10. The Kier molecular flexibility index (Phi) is 5.94. The third kappa shape index (κ3) is 4.37. The first-order valence-corrected chi connectivity index (χ1v) is 9.95. The van der Waals surface area contributed by atoms with Crippen LogP contribution < -0.4 is 4.90 Å². The molecule has 3 rings (SSSR count). The van der Waals surface area contributed by atoms with E-state index >= 15 is 0 Å². The molecule has 0 unspecified atom stereocenters. The number of halogens is 3. The fourth-order valence-electron chi connectivity index (χ4n) is 3.00. The van der Waals surface area contributed by atoms with E-state index in [0.717, 1.165) is 41.4 Å². The molecule has 0 spiro atoms. The van der Waals surface area contributed by atoms with Gasteiger partial charge in [-0.2, -0.15) is 18.4 Å². The standard InChI is InChI=1S/C19H18F3N3S2/c1-24(2)8-5-9-25-14-6-3-4-7-15(14)27-17-11-13(19(20,21)22)10-16(18(17)25)26-12-23/h3-4,6-7,10-11H,5,8-9H2,1-2H3. The molecular weight excluding hydrogens is 391 g/mol. The van der Waals surface area contributed by atoms with Gasteiger partial charge in [-0.1, -0.05) is 23.9 Å². The van der Waals surface area contributed by atoms with Crippen molar-refractivity contribution in [3.8, 4) is 5.40 Å². The molecule has 0 atom stereocenters. The van der Waals surface area contributed by atoms with Crippen LogP contribution in [0.15, 0.2) is 51.1 Å². The summed E-state index contributed by atoms with van der Waals surface area (Å²) in [6.07, 6.45) is -3.60. The van der Waals surface area contributed by atoms with Gasteiger partial charge in [-0.25, -0.2) is 0 Å². The predicted octanol–water partition coefficient (Wildman–Crippen LogP) is 5.83. The van der Waals surface area contributed by atoms with Gasteiger partial charge >= 0.3 is 6.18 Å². The third-order valence-electron chi connectivity index (χ3n) is 4.16. The number of thioether (sulfide) groups is 1. The molecule has 2 aromatic carbocycles. The highest BCUT2D eigenvalue weighted by molar-refractivity contribution is 8.04. The summed E-state index contributed by atoms with van der Waals surface area (Å²) in [5.41, 5.74) is 0.935. The number of hydrogen-bond acceptors (Lipinski definition) is 5. The van der Waals surface area contributed by atoms with Crippen LogP contribution in [0.2, 0.25) is 0 Å². The van der Waals surface area contributed by atoms with Gasteiger partial charge in [-0.15, -0.1) is 0 Å². The molecule has 0 fully saturated rings. The van der Waals surface area contributed by atoms with Crippen LogP contribution in [-0.2, 0) is 6.18 Å². The Morgan fingerprint density at radius 1 is 1.19 bits per heavy atom. The van der Waals surface area contributed by atoms with Gasteiger partial charge < -0.3 is 9.80 Å². The van der Waals surface area contributed by atoms with Crippen molar-refractivity contribution in [1.29, 1.82) is 5.26 Å². The van der Waals surface area contributed by atoms with Crippen molar-refractivity contribution in [3.63, 3.8) is 0 Å². The average molecular weight is 410 g/mol. The second-order valence-electron chi connectivity index (χ2n) is 6.39. The fourth-order valence-corrected chi connectivity index (χ4v) is 4.83. The number of benzene rings is 2. The molecule has 2 aromatic rings. The number of thiocyanates is 1. The molecule has 1 aliphatic heterocycles. The first-order valence-electron chi connectivity index (χ1n) is 8.31. The maximum Gasteiger partial charge on any atom is 0.416 e. The van der Waals surface area contributed by atoms with Crippen molar-refractivity contribution in [3.05, 3.63) is 42.0 Å². The Balaban J connectivity index is 2.11. The maximum absolute atomic E-state index is 13.3. The van der Waals surface area contributed by atoms with E-state index in [1.54, 1.807) is 0 Å². The fraction of sp³-hybridized carbons (Fsp3) is 0.316. The van der Waals surface area contributed by atoms with Gasteiger partial charge in [-0.05, 0) is 63.1 Å². The van der Waals surface area contributed by atoms with Crippen LogP contribution in [0.1, 0.15) is 12.0 Å². The summed E-state index contributed by atoms with van der Waals surface area (Å²) in [5, 5.41) is 11.1. The van der Waals surface area contributed by atoms with Gasteiger partial charge in [0.25, 0.3) is 0 Å². The smallest absolute Gasteiger partial charge is 0.339 e. The molecule has 27 heavy (non-hydrogen) atoms. The minimum atomic E-state index is -4.45. The molecule has 0 N–H and O–H groups in total. The lowest BCUT2D eigenvalue weighted by molar-refractivity contribution is -0.137. The van der Waals surface area contributed by atoms with Crippen LogP contribution in [0.4, 0.5) is 24.5 Å². The number of para-hydroxylation sites is 1. The van der Waals surface area contributed by atoms with Crippen LogP contribution in [0.5, 0.6) is 0 Å². The highest BCUT2D eigenvalue weighted by Crippen LogP contribution is 2.53. The minimum absolute atomic E-state index is 0.342. The predicted molar refractivity (Wildman–Crippen MR) is 104 cm³/mol. The summed E-state index contributed by atoms with van der Waals surface area (Å²) in [7, 11) is 3.97. The number of nitriles is 1. The van der Waals surface area contributed by atoms with Crippen LogP contribution in [-0.4, -0.2) is 32.1 Å². The first-order chi connectivity index (χ1) is 12.8. The highest BCUT2D eigenvalue weighted by Gasteiger charge is 2.35. The van der Waals surface area contributed by atoms with E-state index in [2.05, 4.69) is 4.90 Å². The SMILES string of the molecule is CN(C)CCCN1c2ccccc2Sc2cc(C(F)(F)F)cc(SC#N)c21. The monoisotopic (exact) mass is 409 g/mol. The van der Waals surface area contributed by atoms with Crippen LogP contribution in [0.25, 0.3) is 0 Å². The molecule has 8 heteroatoms. The Labute approximate surface area is 165 Å². The van der Waals surface area contributed by atoms with Crippen LogP contribution >= 0.6 is 23.5 Å². The van der Waals surface area contributed by atoms with Crippen LogP contribution in [0.3, 0.4) is 0 Å². The molecule has 0 radical (unpaired) electrons. The lowest BCUT2D eigenvalue weighted by atomic mass is 10.1. The molecule has 142 valence electrons. The van der Waals surface area contributed by atoms with Gasteiger partial charge in [0, 0.05) is 21.2 Å². The topological polar surface area (TPSA) is 30.3 Å². The minimum Gasteiger partial charge on any atom is -0.339 e. The van der Waals surface area contributed by atoms with E-state index < -0.39 is 11.7 Å². The Hall–Kier alpha value is -1.82. The number of anilines is 2. The van der Waals surface area contributed by atoms with Gasteiger partial charge in [0.2, 0.25) is 0 Å². The number of nitrogens with zero attached hydrogens (tertiary/aromatic N) is 3. The number of alkyl halides is 3. The zero-order valence-corrected chi connectivity index (χ0v) is 16.5. The molecule has 1 heterocycles. The number of hydrogen-bond donors (Lipinski definition) is 0. The van der Waals surface area contributed by atoms with Crippen molar-refractivity contribution in [2.45, 2.75) is 27.3 Å². The molecule has 0 saturated heterocycles. The maximum atomic E-state index is 13.3. The Morgan fingerprint density at radius 2 is 1.93 bits per heavy atom. The summed E-state index contributed by atoms with van der Waals surface area (Å²) in [6.45, 7) is 1.52. The molecule has 0 amide bonds. The summed E-state index contributed by atoms with van der Waals surface area (Å²) < 4.78 is 40.0. The van der Waals surface area contributed by atoms with E-state index in [1.165, 1.54) is 17.8 Å². The molecule has 1 aliphatic rings. The van der Waals surface area contributed by atoms with Gasteiger partial charge in [0.15, 0.2) is 0 Å². The quantitative estimate of drug-likeness (QED) is 0.458. The zero-order valence-electron chi connectivity index (χ0n) is 14.9. The summed E-state index contributed by atoms with van der Waals surface area (Å²) in [5.74, 6) is 0. The van der Waals surface area contributed by atoms with E-state index in [1.807, 2.05) is 48.7 Å². The Morgan fingerprint density at radius 3 is 2.59 bits per heavy atom. The van der Waals surface area contributed by atoms with Crippen molar-refractivity contribution < 1.29 is 13.2 Å². The molecule has 0 saturated carbocycles. The average Bonchev–Trinajstić information content (AvgIpc) is 2.60. The van der Waals surface area contributed by atoms with Crippen molar-refractivity contribution in [2.24, 2.45) is 0 Å². The van der Waals surface area contributed by atoms with Gasteiger partial charge in [0.05, 0.1) is 16.9 Å². The van der Waals surface area contributed by atoms with E-state index in [-0.39, 0.29) is 0 Å².